The van der Waals surface area contributed by atoms with Gasteiger partial charge in [-0.3, -0.25) is 4.79 Å². The Kier molecular flexibility index (Phi) is 6.71. The van der Waals surface area contributed by atoms with Crippen LogP contribution in [0.25, 0.3) is 0 Å². The van der Waals surface area contributed by atoms with Crippen molar-refractivity contribution in [3.05, 3.63) is 46.7 Å². The lowest BCUT2D eigenvalue weighted by atomic mass is 9.93. The third kappa shape index (κ3) is 5.10. The first-order valence-electron chi connectivity index (χ1n) is 9.72. The van der Waals surface area contributed by atoms with E-state index >= 15 is 0 Å². The maximum absolute atomic E-state index is 13.5. The summed E-state index contributed by atoms with van der Waals surface area (Å²) in [4.78, 5) is 12.8. The van der Waals surface area contributed by atoms with E-state index in [1.807, 2.05) is 0 Å². The predicted molar refractivity (Wildman–Crippen MR) is 117 cm³/mol. The van der Waals surface area contributed by atoms with Crippen LogP contribution in [0, 0.1) is 5.92 Å². The molecular weight excluding hydrogens is 444 g/mol. The average molecular weight is 471 g/mol. The highest BCUT2D eigenvalue weighted by atomic mass is 35.5. The average Bonchev–Trinajstić information content (AvgIpc) is 3.05. The molecule has 3 rings (SSSR count). The lowest BCUT2D eigenvalue weighted by molar-refractivity contribution is -0.148. The Labute approximate surface area is 183 Å². The van der Waals surface area contributed by atoms with Gasteiger partial charge in [0, 0.05) is 13.1 Å². The van der Waals surface area contributed by atoms with Gasteiger partial charge in [-0.1, -0.05) is 48.6 Å². The van der Waals surface area contributed by atoms with Crippen molar-refractivity contribution >= 4 is 35.7 Å². The highest BCUT2D eigenvalue weighted by Gasteiger charge is 2.43. The Morgan fingerprint density at radius 2 is 1.93 bits per heavy atom. The molecular formula is C19H27ClN4O4SSi. The molecule has 2 heterocycles. The van der Waals surface area contributed by atoms with E-state index in [2.05, 4.69) is 30.0 Å². The zero-order chi connectivity index (χ0) is 22.1. The quantitative estimate of drug-likeness (QED) is 0.475. The van der Waals surface area contributed by atoms with E-state index in [-0.39, 0.29) is 18.8 Å². The number of fused-ring (bicyclic) bond motifs is 1. The summed E-state index contributed by atoms with van der Waals surface area (Å²) in [7, 11) is -3.98. The number of esters is 1. The number of rotatable bonds is 6. The summed E-state index contributed by atoms with van der Waals surface area (Å²) in [6.45, 7) is 6.67. The number of halogens is 1. The molecule has 1 aromatic heterocycles. The lowest BCUT2D eigenvalue weighted by Gasteiger charge is -2.33. The molecule has 0 fully saturated rings. The number of nitrogens with zero attached hydrogens (tertiary/aromatic N) is 4. The standard InChI is InChI=1S/C19H27ClN4O4SSi/c1-28-19(25)17-13-23-16(11-21-22-23)12-24(29(26,27)9-10-30(2,3)4)18(17)14-5-7-15(20)8-6-14/h5-8,11,17-18H,9-10,12-13H2,1-4H3/t17-,18+/m1/s1. The van der Waals surface area contributed by atoms with Crippen molar-refractivity contribution in [2.45, 2.75) is 44.8 Å². The first-order chi connectivity index (χ1) is 14.0. The second-order valence-electron chi connectivity index (χ2n) is 8.71. The summed E-state index contributed by atoms with van der Waals surface area (Å²) in [6.07, 6.45) is 1.54. The third-order valence-corrected chi connectivity index (χ3v) is 9.41. The molecule has 0 amide bonds. The second kappa shape index (κ2) is 8.78. The molecule has 8 nitrogen and oxygen atoms in total. The van der Waals surface area contributed by atoms with Gasteiger partial charge in [-0.05, 0) is 23.7 Å². The van der Waals surface area contributed by atoms with Crippen LogP contribution in [-0.4, -0.2) is 54.6 Å². The Hall–Kier alpha value is -1.75. The van der Waals surface area contributed by atoms with Gasteiger partial charge in [-0.2, -0.15) is 4.31 Å². The SMILES string of the molecule is COC(=O)[C@@H]1Cn2nncc2CN(S(=O)(=O)CC[Si](C)(C)C)[C@H]1c1ccc(Cl)cc1. The van der Waals surface area contributed by atoms with E-state index in [0.29, 0.717) is 22.3 Å². The fraction of sp³-hybridized carbons (Fsp3) is 0.526. The van der Waals surface area contributed by atoms with Crippen LogP contribution in [0.15, 0.2) is 30.5 Å². The molecule has 2 atom stereocenters. The van der Waals surface area contributed by atoms with Gasteiger partial charge in [0.2, 0.25) is 10.0 Å². The molecule has 0 unspecified atom stereocenters. The first kappa shape index (κ1) is 22.9. The number of benzene rings is 1. The fourth-order valence-electron chi connectivity index (χ4n) is 3.54. The molecule has 0 spiro atoms. The smallest absolute Gasteiger partial charge is 0.312 e. The van der Waals surface area contributed by atoms with Crippen LogP contribution >= 0.6 is 11.6 Å². The number of sulfonamides is 1. The van der Waals surface area contributed by atoms with E-state index in [1.54, 1.807) is 35.1 Å². The highest BCUT2D eigenvalue weighted by molar-refractivity contribution is 7.89. The molecule has 0 radical (unpaired) electrons. The maximum Gasteiger partial charge on any atom is 0.312 e. The van der Waals surface area contributed by atoms with Crippen LogP contribution in [0.4, 0.5) is 0 Å². The molecule has 1 aliphatic heterocycles. The number of ether oxygens (including phenoxy) is 1. The molecule has 11 heteroatoms. The first-order valence-corrected chi connectivity index (χ1v) is 15.4. The van der Waals surface area contributed by atoms with Gasteiger partial charge < -0.3 is 4.74 Å². The summed E-state index contributed by atoms with van der Waals surface area (Å²) in [6, 6.07) is 6.81. The normalized spacial score (nSPS) is 20.4. The lowest BCUT2D eigenvalue weighted by Crippen LogP contribution is -2.42. The van der Waals surface area contributed by atoms with Crippen molar-refractivity contribution in [2.24, 2.45) is 5.92 Å². The van der Waals surface area contributed by atoms with Gasteiger partial charge in [0.25, 0.3) is 0 Å². The number of carbonyl (C=O) groups is 1. The highest BCUT2D eigenvalue weighted by Crippen LogP contribution is 2.37. The van der Waals surface area contributed by atoms with Crippen LogP contribution in [0.3, 0.4) is 0 Å². The Morgan fingerprint density at radius 1 is 1.27 bits per heavy atom. The monoisotopic (exact) mass is 470 g/mol. The minimum absolute atomic E-state index is 0.0300. The van der Waals surface area contributed by atoms with Crippen molar-refractivity contribution in [1.29, 1.82) is 0 Å². The number of aromatic nitrogens is 3. The molecule has 2 aromatic rings. The minimum Gasteiger partial charge on any atom is -0.469 e. The minimum atomic E-state index is -3.68. The summed E-state index contributed by atoms with van der Waals surface area (Å²) in [5.74, 6) is -1.24. The van der Waals surface area contributed by atoms with E-state index in [0.717, 1.165) is 0 Å². The number of hydrogen-bond acceptors (Lipinski definition) is 6. The van der Waals surface area contributed by atoms with Crippen molar-refractivity contribution in [3.63, 3.8) is 0 Å². The second-order valence-corrected chi connectivity index (χ2v) is 16.8. The predicted octanol–water partition coefficient (Wildman–Crippen LogP) is 2.95. The molecule has 1 aliphatic rings. The zero-order valence-electron chi connectivity index (χ0n) is 17.6. The van der Waals surface area contributed by atoms with Crippen LogP contribution in [0.2, 0.25) is 30.7 Å². The number of carbonyl (C=O) groups excluding carboxylic acids is 1. The van der Waals surface area contributed by atoms with Crippen LogP contribution in [0.5, 0.6) is 0 Å². The van der Waals surface area contributed by atoms with Crippen molar-refractivity contribution in [1.82, 2.24) is 19.3 Å². The van der Waals surface area contributed by atoms with Gasteiger partial charge in [-0.25, -0.2) is 13.1 Å². The van der Waals surface area contributed by atoms with Gasteiger partial charge in [0.05, 0.1) is 49.8 Å². The Balaban J connectivity index is 2.12. The zero-order valence-corrected chi connectivity index (χ0v) is 20.2. The van der Waals surface area contributed by atoms with Gasteiger partial charge in [0.1, 0.15) is 0 Å². The molecule has 0 saturated carbocycles. The van der Waals surface area contributed by atoms with Crippen LogP contribution in [-0.2, 0) is 32.6 Å². The Morgan fingerprint density at radius 3 is 2.53 bits per heavy atom. The maximum atomic E-state index is 13.5. The summed E-state index contributed by atoms with van der Waals surface area (Å²) in [5, 5.41) is 8.49. The van der Waals surface area contributed by atoms with Crippen LogP contribution < -0.4 is 0 Å². The van der Waals surface area contributed by atoms with Gasteiger partial charge in [-0.15, -0.1) is 5.10 Å². The van der Waals surface area contributed by atoms with E-state index in [9.17, 15) is 13.2 Å². The summed E-state index contributed by atoms with van der Waals surface area (Å²) in [5.41, 5.74) is 1.32. The fourth-order valence-corrected chi connectivity index (χ4v) is 8.32. The van der Waals surface area contributed by atoms with Crippen molar-refractivity contribution < 1.29 is 17.9 Å². The third-order valence-electron chi connectivity index (χ3n) is 5.26. The van der Waals surface area contributed by atoms with Crippen LogP contribution in [0.1, 0.15) is 17.3 Å². The molecule has 30 heavy (non-hydrogen) atoms. The van der Waals surface area contributed by atoms with E-state index in [1.165, 1.54) is 11.4 Å². The summed E-state index contributed by atoms with van der Waals surface area (Å²) >= 11 is 6.05. The number of hydrogen-bond donors (Lipinski definition) is 0. The van der Waals surface area contributed by atoms with Crippen molar-refractivity contribution in [3.8, 4) is 0 Å². The molecule has 164 valence electrons. The molecule has 0 aliphatic carbocycles. The molecule has 0 N–H and O–H groups in total. The van der Waals surface area contributed by atoms with E-state index < -0.39 is 36.0 Å². The molecule has 0 saturated heterocycles. The largest absolute Gasteiger partial charge is 0.469 e. The van der Waals surface area contributed by atoms with Crippen molar-refractivity contribution in [2.75, 3.05) is 12.9 Å². The van der Waals surface area contributed by atoms with E-state index in [4.69, 9.17) is 16.3 Å². The summed E-state index contributed by atoms with van der Waals surface area (Å²) < 4.78 is 35.1. The Bertz CT molecular complexity index is 1000. The molecule has 0 bridgehead atoms. The van der Waals surface area contributed by atoms with Gasteiger partial charge in [0.15, 0.2) is 0 Å². The molecule has 1 aromatic carbocycles. The topological polar surface area (TPSA) is 94.4 Å². The number of methoxy groups -OCH3 is 1. The van der Waals surface area contributed by atoms with Gasteiger partial charge >= 0.3 is 5.97 Å².